The molecule has 4 nitrogen and oxygen atoms in total. The second kappa shape index (κ2) is 8.51. The molecule has 1 aromatic heterocycles. The molecule has 1 amide bonds. The van der Waals surface area contributed by atoms with Crippen LogP contribution in [-0.2, 0) is 16.1 Å². The molecule has 1 heterocycles. The number of nitrogens with two attached hydrogens (primary N) is 1. The van der Waals surface area contributed by atoms with Gasteiger partial charge in [0.1, 0.15) is 0 Å². The summed E-state index contributed by atoms with van der Waals surface area (Å²) in [7, 11) is 1.65. The van der Waals surface area contributed by atoms with Crippen LogP contribution in [0.2, 0.25) is 0 Å². The van der Waals surface area contributed by atoms with Crippen molar-refractivity contribution in [3.05, 3.63) is 22.4 Å². The Morgan fingerprint density at radius 3 is 2.71 bits per heavy atom. The molecular weight excluding hydrogens is 284 g/mol. The van der Waals surface area contributed by atoms with E-state index in [1.165, 1.54) is 4.88 Å². The van der Waals surface area contributed by atoms with Crippen molar-refractivity contribution in [3.63, 3.8) is 0 Å². The number of carbonyl (C=O) groups is 1. The third-order valence-electron chi connectivity index (χ3n) is 3.16. The maximum absolute atomic E-state index is 12.5. The van der Waals surface area contributed by atoms with Gasteiger partial charge in [0.15, 0.2) is 0 Å². The first-order valence-electron chi connectivity index (χ1n) is 7.36. The molecule has 120 valence electrons. The molecule has 21 heavy (non-hydrogen) atoms. The first-order valence-corrected chi connectivity index (χ1v) is 8.24. The minimum absolute atomic E-state index is 0.0918. The molecule has 1 aromatic rings. The van der Waals surface area contributed by atoms with Gasteiger partial charge in [-0.1, -0.05) is 26.8 Å². The van der Waals surface area contributed by atoms with Crippen molar-refractivity contribution in [2.75, 3.05) is 20.3 Å². The van der Waals surface area contributed by atoms with E-state index in [-0.39, 0.29) is 17.4 Å². The molecule has 0 aliphatic rings. The van der Waals surface area contributed by atoms with Crippen LogP contribution >= 0.6 is 11.3 Å². The number of nitrogens with zero attached hydrogens (tertiary/aromatic N) is 1. The van der Waals surface area contributed by atoms with Gasteiger partial charge in [0.25, 0.3) is 0 Å². The summed E-state index contributed by atoms with van der Waals surface area (Å²) < 4.78 is 5.11. The van der Waals surface area contributed by atoms with E-state index in [9.17, 15) is 4.79 Å². The highest BCUT2D eigenvalue weighted by Gasteiger charge is 2.21. The average molecular weight is 312 g/mol. The Morgan fingerprint density at radius 2 is 2.19 bits per heavy atom. The van der Waals surface area contributed by atoms with Crippen molar-refractivity contribution in [1.82, 2.24) is 4.90 Å². The van der Waals surface area contributed by atoms with Crippen LogP contribution in [0.1, 0.15) is 38.5 Å². The lowest BCUT2D eigenvalue weighted by molar-refractivity contribution is -0.132. The number of amides is 1. The van der Waals surface area contributed by atoms with Gasteiger partial charge in [-0.05, 0) is 23.3 Å². The summed E-state index contributed by atoms with van der Waals surface area (Å²) in [6.45, 7) is 8.23. The Bertz CT molecular complexity index is 412. The molecule has 0 aliphatic heterocycles. The third kappa shape index (κ3) is 7.60. The van der Waals surface area contributed by atoms with E-state index < -0.39 is 0 Å². The first kappa shape index (κ1) is 18.1. The molecule has 1 atom stereocenters. The predicted molar refractivity (Wildman–Crippen MR) is 88.3 cm³/mol. The number of hydrogen-bond donors (Lipinski definition) is 1. The lowest BCUT2D eigenvalue weighted by Gasteiger charge is -2.26. The zero-order valence-corrected chi connectivity index (χ0v) is 14.4. The molecule has 0 fully saturated rings. The Balaban J connectivity index is 2.58. The Kier molecular flexibility index (Phi) is 7.35. The molecule has 2 N–H and O–H groups in total. The van der Waals surface area contributed by atoms with Crippen molar-refractivity contribution in [3.8, 4) is 0 Å². The molecule has 0 saturated carbocycles. The van der Waals surface area contributed by atoms with Crippen LogP contribution in [0, 0.1) is 5.41 Å². The van der Waals surface area contributed by atoms with Crippen molar-refractivity contribution in [2.24, 2.45) is 11.1 Å². The molecule has 1 rings (SSSR count). The minimum Gasteiger partial charge on any atom is -0.383 e. The Hall–Kier alpha value is -0.910. The standard InChI is InChI=1S/C16H28N2O2S/c1-16(2,3)11-13(17)10-15(19)18(7-8-20-4)12-14-6-5-9-21-14/h5-6,9,13H,7-8,10-12,17H2,1-4H3. The van der Waals surface area contributed by atoms with Gasteiger partial charge < -0.3 is 15.4 Å². The van der Waals surface area contributed by atoms with E-state index in [0.717, 1.165) is 6.42 Å². The fraction of sp³-hybridized carbons (Fsp3) is 0.688. The van der Waals surface area contributed by atoms with E-state index in [2.05, 4.69) is 20.8 Å². The van der Waals surface area contributed by atoms with Crippen molar-refractivity contribution >= 4 is 17.2 Å². The monoisotopic (exact) mass is 312 g/mol. The second-order valence-electron chi connectivity index (χ2n) is 6.62. The quantitative estimate of drug-likeness (QED) is 0.803. The molecule has 0 saturated heterocycles. The molecule has 1 unspecified atom stereocenters. The molecule has 0 radical (unpaired) electrons. The van der Waals surface area contributed by atoms with Crippen molar-refractivity contribution in [2.45, 2.75) is 46.2 Å². The zero-order chi connectivity index (χ0) is 15.9. The number of thiophene rings is 1. The Labute approximate surface area is 132 Å². The molecule has 0 spiro atoms. The van der Waals surface area contributed by atoms with E-state index in [1.54, 1.807) is 18.4 Å². The van der Waals surface area contributed by atoms with E-state index >= 15 is 0 Å². The average Bonchev–Trinajstić information content (AvgIpc) is 2.84. The summed E-state index contributed by atoms with van der Waals surface area (Å²) in [6, 6.07) is 3.96. The maximum Gasteiger partial charge on any atom is 0.224 e. The molecule has 0 aliphatic carbocycles. The SMILES string of the molecule is COCCN(Cc1cccs1)C(=O)CC(N)CC(C)(C)C. The highest BCUT2D eigenvalue weighted by atomic mass is 32.1. The topological polar surface area (TPSA) is 55.6 Å². The van der Waals surface area contributed by atoms with E-state index in [4.69, 9.17) is 10.5 Å². The molecule has 0 bridgehead atoms. The number of carbonyl (C=O) groups excluding carboxylic acids is 1. The fourth-order valence-electron chi connectivity index (χ4n) is 2.30. The highest BCUT2D eigenvalue weighted by molar-refractivity contribution is 7.09. The van der Waals surface area contributed by atoms with Gasteiger partial charge >= 0.3 is 0 Å². The number of rotatable bonds is 8. The number of methoxy groups -OCH3 is 1. The van der Waals surface area contributed by atoms with Gasteiger partial charge in [-0.2, -0.15) is 0 Å². The van der Waals surface area contributed by atoms with Gasteiger partial charge in [0, 0.05) is 31.0 Å². The van der Waals surface area contributed by atoms with Crippen molar-refractivity contribution in [1.29, 1.82) is 0 Å². The Morgan fingerprint density at radius 1 is 1.48 bits per heavy atom. The van der Waals surface area contributed by atoms with Gasteiger partial charge in [0.05, 0.1) is 13.2 Å². The summed E-state index contributed by atoms with van der Waals surface area (Å²) >= 11 is 1.67. The molecule has 0 aromatic carbocycles. The highest BCUT2D eigenvalue weighted by Crippen LogP contribution is 2.22. The van der Waals surface area contributed by atoms with Crippen LogP contribution < -0.4 is 5.73 Å². The minimum atomic E-state index is -0.0918. The number of hydrogen-bond acceptors (Lipinski definition) is 4. The number of ether oxygens (including phenoxy) is 1. The van der Waals surface area contributed by atoms with Crippen LogP contribution in [0.15, 0.2) is 17.5 Å². The largest absolute Gasteiger partial charge is 0.383 e. The van der Waals surface area contributed by atoms with Crippen LogP contribution in [0.25, 0.3) is 0 Å². The molecular formula is C16H28N2O2S. The normalized spacial score (nSPS) is 13.2. The predicted octanol–water partition coefficient (Wildman–Crippen LogP) is 2.88. The maximum atomic E-state index is 12.5. The van der Waals surface area contributed by atoms with Crippen LogP contribution in [-0.4, -0.2) is 37.1 Å². The summed E-state index contributed by atoms with van der Waals surface area (Å²) in [4.78, 5) is 15.5. The fourth-order valence-corrected chi connectivity index (χ4v) is 3.02. The van der Waals surface area contributed by atoms with Gasteiger partial charge in [0.2, 0.25) is 5.91 Å². The van der Waals surface area contributed by atoms with Crippen LogP contribution in [0.4, 0.5) is 0 Å². The summed E-state index contributed by atoms with van der Waals surface area (Å²) in [5.74, 6) is 0.109. The van der Waals surface area contributed by atoms with E-state index in [1.807, 2.05) is 22.4 Å². The van der Waals surface area contributed by atoms with Gasteiger partial charge in [-0.15, -0.1) is 11.3 Å². The summed E-state index contributed by atoms with van der Waals surface area (Å²) in [5.41, 5.74) is 6.27. The third-order valence-corrected chi connectivity index (χ3v) is 4.02. The van der Waals surface area contributed by atoms with Crippen LogP contribution in [0.3, 0.4) is 0 Å². The van der Waals surface area contributed by atoms with Gasteiger partial charge in [-0.3, -0.25) is 4.79 Å². The van der Waals surface area contributed by atoms with Gasteiger partial charge in [-0.25, -0.2) is 0 Å². The lowest BCUT2D eigenvalue weighted by Crippen LogP contribution is -2.38. The summed E-state index contributed by atoms with van der Waals surface area (Å²) in [5, 5.41) is 2.03. The van der Waals surface area contributed by atoms with Crippen molar-refractivity contribution < 1.29 is 9.53 Å². The molecule has 5 heteroatoms. The smallest absolute Gasteiger partial charge is 0.224 e. The van der Waals surface area contributed by atoms with E-state index in [0.29, 0.717) is 26.1 Å². The second-order valence-corrected chi connectivity index (χ2v) is 7.65. The zero-order valence-electron chi connectivity index (χ0n) is 13.6. The first-order chi connectivity index (χ1) is 9.81. The lowest BCUT2D eigenvalue weighted by atomic mass is 9.87. The van der Waals surface area contributed by atoms with Crippen LogP contribution in [0.5, 0.6) is 0 Å². The summed E-state index contributed by atoms with van der Waals surface area (Å²) in [6.07, 6.45) is 1.24.